The normalized spacial score (nSPS) is 23.9. The van der Waals surface area contributed by atoms with Crippen molar-refractivity contribution in [1.29, 1.82) is 0 Å². The fourth-order valence-electron chi connectivity index (χ4n) is 2.95. The first-order chi connectivity index (χ1) is 10.2. The van der Waals surface area contributed by atoms with Crippen molar-refractivity contribution in [3.8, 4) is 0 Å². The van der Waals surface area contributed by atoms with Crippen LogP contribution in [-0.2, 0) is 4.74 Å². The molecule has 21 heavy (non-hydrogen) atoms. The molecule has 0 spiro atoms. The Bertz CT molecular complexity index is 463. The van der Waals surface area contributed by atoms with Crippen LogP contribution in [-0.4, -0.2) is 51.9 Å². The van der Waals surface area contributed by atoms with Crippen LogP contribution in [0.3, 0.4) is 0 Å². The van der Waals surface area contributed by atoms with E-state index in [1.165, 1.54) is 12.6 Å². The SMILES string of the molecule is CCC(COC)N[C@@H]1CCCC[C@@H]1n1cc(C(=O)O)nn1. The Hall–Kier alpha value is -1.47. The number of aromatic carboxylic acids is 1. The van der Waals surface area contributed by atoms with E-state index >= 15 is 0 Å². The Balaban J connectivity index is 2.08. The second kappa shape index (κ2) is 7.51. The van der Waals surface area contributed by atoms with Crippen LogP contribution in [0.4, 0.5) is 0 Å². The number of nitrogens with one attached hydrogen (secondary N) is 1. The Labute approximate surface area is 124 Å². The van der Waals surface area contributed by atoms with Crippen molar-refractivity contribution in [2.24, 2.45) is 0 Å². The average molecular weight is 296 g/mol. The quantitative estimate of drug-likeness (QED) is 0.792. The predicted octanol–water partition coefficient (Wildman–Crippen LogP) is 1.47. The van der Waals surface area contributed by atoms with Gasteiger partial charge < -0.3 is 15.2 Å². The monoisotopic (exact) mass is 296 g/mol. The van der Waals surface area contributed by atoms with Crippen molar-refractivity contribution < 1.29 is 14.6 Å². The molecule has 0 bridgehead atoms. The third-order valence-corrected chi connectivity index (χ3v) is 4.11. The van der Waals surface area contributed by atoms with Crippen molar-refractivity contribution in [3.63, 3.8) is 0 Å². The van der Waals surface area contributed by atoms with E-state index in [9.17, 15) is 4.79 Å². The molecule has 1 aromatic heterocycles. The molecule has 1 aliphatic rings. The number of nitrogens with zero attached hydrogens (tertiary/aromatic N) is 3. The Morgan fingerprint density at radius 2 is 2.33 bits per heavy atom. The second-order valence-electron chi connectivity index (χ2n) is 5.57. The summed E-state index contributed by atoms with van der Waals surface area (Å²) in [7, 11) is 1.71. The number of methoxy groups -OCH3 is 1. The van der Waals surface area contributed by atoms with E-state index in [-0.39, 0.29) is 17.8 Å². The molecule has 118 valence electrons. The third kappa shape index (κ3) is 4.01. The van der Waals surface area contributed by atoms with Crippen LogP contribution in [0.2, 0.25) is 0 Å². The maximum Gasteiger partial charge on any atom is 0.358 e. The summed E-state index contributed by atoms with van der Waals surface area (Å²) in [6.07, 6.45) is 6.89. The highest BCUT2D eigenvalue weighted by molar-refractivity contribution is 5.84. The number of carboxylic acid groups (broad SMARTS) is 1. The maximum absolute atomic E-state index is 10.9. The lowest BCUT2D eigenvalue weighted by molar-refractivity contribution is 0.0690. The lowest BCUT2D eigenvalue weighted by Crippen LogP contribution is -2.46. The van der Waals surface area contributed by atoms with Gasteiger partial charge in [-0.2, -0.15) is 0 Å². The zero-order chi connectivity index (χ0) is 15.2. The van der Waals surface area contributed by atoms with Gasteiger partial charge in [0.15, 0.2) is 5.69 Å². The zero-order valence-electron chi connectivity index (χ0n) is 12.7. The van der Waals surface area contributed by atoms with Crippen LogP contribution >= 0.6 is 0 Å². The van der Waals surface area contributed by atoms with E-state index in [4.69, 9.17) is 9.84 Å². The van der Waals surface area contributed by atoms with Gasteiger partial charge in [0.1, 0.15) is 0 Å². The number of ether oxygens (including phenoxy) is 1. The molecular formula is C14H24N4O3. The van der Waals surface area contributed by atoms with Crippen LogP contribution in [0, 0.1) is 0 Å². The summed E-state index contributed by atoms with van der Waals surface area (Å²) >= 11 is 0. The first-order valence-electron chi connectivity index (χ1n) is 7.55. The van der Waals surface area contributed by atoms with E-state index in [0.29, 0.717) is 12.6 Å². The summed E-state index contributed by atoms with van der Waals surface area (Å²) in [6.45, 7) is 2.81. The topological polar surface area (TPSA) is 89.3 Å². The molecule has 1 saturated carbocycles. The van der Waals surface area contributed by atoms with Crippen LogP contribution in [0.5, 0.6) is 0 Å². The van der Waals surface area contributed by atoms with Crippen LogP contribution in [0.1, 0.15) is 55.6 Å². The Morgan fingerprint density at radius 3 is 2.95 bits per heavy atom. The van der Waals surface area contributed by atoms with Crippen molar-refractivity contribution in [3.05, 3.63) is 11.9 Å². The Kier molecular flexibility index (Phi) is 5.69. The molecule has 1 fully saturated rings. The summed E-state index contributed by atoms with van der Waals surface area (Å²) in [5, 5.41) is 20.3. The highest BCUT2D eigenvalue weighted by atomic mass is 16.5. The third-order valence-electron chi connectivity index (χ3n) is 4.11. The van der Waals surface area contributed by atoms with E-state index < -0.39 is 5.97 Å². The summed E-state index contributed by atoms with van der Waals surface area (Å²) in [5.74, 6) is -1.03. The van der Waals surface area contributed by atoms with Gasteiger partial charge in [-0.25, -0.2) is 9.48 Å². The predicted molar refractivity (Wildman–Crippen MR) is 77.4 cm³/mol. The first-order valence-corrected chi connectivity index (χ1v) is 7.55. The summed E-state index contributed by atoms with van der Waals surface area (Å²) in [6, 6.07) is 0.746. The molecule has 0 amide bonds. The molecule has 1 aromatic rings. The maximum atomic E-state index is 10.9. The fraction of sp³-hybridized carbons (Fsp3) is 0.786. The highest BCUT2D eigenvalue weighted by Crippen LogP contribution is 2.28. The minimum atomic E-state index is -1.03. The first kappa shape index (κ1) is 15.9. The largest absolute Gasteiger partial charge is 0.476 e. The smallest absolute Gasteiger partial charge is 0.358 e. The lowest BCUT2D eigenvalue weighted by atomic mass is 9.89. The zero-order valence-corrected chi connectivity index (χ0v) is 12.7. The van der Waals surface area contributed by atoms with Crippen LogP contribution in [0.15, 0.2) is 6.20 Å². The summed E-state index contributed by atoms with van der Waals surface area (Å²) in [4.78, 5) is 10.9. The van der Waals surface area contributed by atoms with E-state index in [2.05, 4.69) is 22.6 Å². The van der Waals surface area contributed by atoms with Gasteiger partial charge in [0.2, 0.25) is 0 Å². The second-order valence-corrected chi connectivity index (χ2v) is 5.57. The van der Waals surface area contributed by atoms with Gasteiger partial charge in [0.05, 0.1) is 18.8 Å². The molecule has 7 heteroatoms. The Morgan fingerprint density at radius 1 is 1.57 bits per heavy atom. The van der Waals surface area contributed by atoms with E-state index in [1.807, 2.05) is 0 Å². The summed E-state index contributed by atoms with van der Waals surface area (Å²) < 4.78 is 6.95. The standard InChI is InChI=1S/C14H24N4O3/c1-3-10(9-21-2)15-11-6-4-5-7-13(11)18-8-12(14(19)20)16-17-18/h8,10-11,13,15H,3-7,9H2,1-2H3,(H,19,20)/t10?,11-,13+/m1/s1. The molecule has 2 N–H and O–H groups in total. The number of aromatic nitrogens is 3. The molecule has 2 rings (SSSR count). The number of carboxylic acids is 1. The van der Waals surface area contributed by atoms with Crippen molar-refractivity contribution in [1.82, 2.24) is 20.3 Å². The molecule has 0 aliphatic heterocycles. The molecule has 7 nitrogen and oxygen atoms in total. The molecular weight excluding hydrogens is 272 g/mol. The van der Waals surface area contributed by atoms with E-state index in [1.54, 1.807) is 11.8 Å². The van der Waals surface area contributed by atoms with Gasteiger partial charge in [-0.3, -0.25) is 0 Å². The van der Waals surface area contributed by atoms with Crippen molar-refractivity contribution in [2.45, 2.75) is 57.2 Å². The number of hydrogen-bond acceptors (Lipinski definition) is 5. The molecule has 1 unspecified atom stereocenters. The van der Waals surface area contributed by atoms with Gasteiger partial charge in [0.25, 0.3) is 0 Å². The molecule has 0 saturated heterocycles. The number of hydrogen-bond donors (Lipinski definition) is 2. The molecule has 3 atom stereocenters. The van der Waals surface area contributed by atoms with Gasteiger partial charge in [-0.1, -0.05) is 25.0 Å². The van der Waals surface area contributed by atoms with Gasteiger partial charge >= 0.3 is 5.97 Å². The molecule has 0 aromatic carbocycles. The van der Waals surface area contributed by atoms with Gasteiger partial charge in [-0.05, 0) is 19.3 Å². The van der Waals surface area contributed by atoms with Crippen LogP contribution < -0.4 is 5.32 Å². The van der Waals surface area contributed by atoms with Crippen LogP contribution in [0.25, 0.3) is 0 Å². The summed E-state index contributed by atoms with van der Waals surface area (Å²) in [5.41, 5.74) is 0.00302. The molecule has 1 heterocycles. The van der Waals surface area contributed by atoms with Crippen molar-refractivity contribution in [2.75, 3.05) is 13.7 Å². The minimum absolute atomic E-state index is 0.00302. The van der Waals surface area contributed by atoms with Gasteiger partial charge in [-0.15, -0.1) is 5.10 Å². The minimum Gasteiger partial charge on any atom is -0.476 e. The number of rotatable bonds is 7. The number of carbonyl (C=O) groups is 1. The average Bonchev–Trinajstić information content (AvgIpc) is 2.97. The fourth-order valence-corrected chi connectivity index (χ4v) is 2.95. The highest BCUT2D eigenvalue weighted by Gasteiger charge is 2.29. The molecule has 0 radical (unpaired) electrons. The lowest BCUT2D eigenvalue weighted by Gasteiger charge is -2.34. The van der Waals surface area contributed by atoms with E-state index in [0.717, 1.165) is 25.7 Å². The molecule has 1 aliphatic carbocycles. The van der Waals surface area contributed by atoms with Gasteiger partial charge in [0, 0.05) is 19.2 Å². The van der Waals surface area contributed by atoms with Crippen molar-refractivity contribution >= 4 is 5.97 Å².